The molecule has 2 aromatic rings. The van der Waals surface area contributed by atoms with Gasteiger partial charge in [-0.05, 0) is 36.8 Å². The number of nitrogens with zero attached hydrogens (tertiary/aromatic N) is 2. The number of amides is 1. The van der Waals surface area contributed by atoms with Gasteiger partial charge < -0.3 is 14.6 Å². The summed E-state index contributed by atoms with van der Waals surface area (Å²) in [6.07, 6.45) is 1.40. The van der Waals surface area contributed by atoms with Crippen molar-refractivity contribution in [3.63, 3.8) is 0 Å². The summed E-state index contributed by atoms with van der Waals surface area (Å²) in [5, 5.41) is 2.57. The maximum atomic E-state index is 12.5. The fourth-order valence-corrected chi connectivity index (χ4v) is 4.30. The fraction of sp³-hybridized carbons (Fsp3) is 0.389. The highest BCUT2D eigenvalue weighted by Gasteiger charge is 2.27. The van der Waals surface area contributed by atoms with Gasteiger partial charge in [0, 0.05) is 38.4 Å². The molecule has 2 heterocycles. The van der Waals surface area contributed by atoms with Crippen LogP contribution in [0.15, 0.2) is 47.1 Å². The molecule has 140 valence electrons. The topological polar surface area (TPSA) is 82.9 Å². The highest BCUT2D eigenvalue weighted by molar-refractivity contribution is 7.89. The van der Waals surface area contributed by atoms with Crippen molar-refractivity contribution in [1.82, 2.24) is 9.62 Å². The molecule has 26 heavy (non-hydrogen) atoms. The Kier molecular flexibility index (Phi) is 5.63. The first-order chi connectivity index (χ1) is 12.5. The summed E-state index contributed by atoms with van der Waals surface area (Å²) in [6, 6.07) is 11.3. The average molecular weight is 377 g/mol. The van der Waals surface area contributed by atoms with Crippen LogP contribution in [0.3, 0.4) is 0 Å². The van der Waals surface area contributed by atoms with Crippen molar-refractivity contribution in [3.05, 3.63) is 54.0 Å². The van der Waals surface area contributed by atoms with Gasteiger partial charge in [-0.15, -0.1) is 0 Å². The quantitative estimate of drug-likeness (QED) is 0.824. The van der Waals surface area contributed by atoms with E-state index in [1.54, 1.807) is 6.07 Å². The summed E-state index contributed by atoms with van der Waals surface area (Å²) in [6.45, 7) is 4.30. The first kappa shape index (κ1) is 18.5. The van der Waals surface area contributed by atoms with Crippen molar-refractivity contribution < 1.29 is 17.6 Å². The van der Waals surface area contributed by atoms with Crippen LogP contribution >= 0.6 is 0 Å². The van der Waals surface area contributed by atoms with E-state index in [0.717, 1.165) is 5.69 Å². The van der Waals surface area contributed by atoms with Crippen molar-refractivity contribution in [3.8, 4) is 0 Å². The molecule has 1 amide bonds. The molecule has 1 fully saturated rings. The maximum Gasteiger partial charge on any atom is 0.287 e. The Morgan fingerprint density at radius 1 is 1.15 bits per heavy atom. The van der Waals surface area contributed by atoms with E-state index in [0.29, 0.717) is 26.2 Å². The molecule has 0 aliphatic carbocycles. The number of furan rings is 1. The molecule has 1 aliphatic heterocycles. The lowest BCUT2D eigenvalue weighted by molar-refractivity contribution is 0.0928. The van der Waals surface area contributed by atoms with Gasteiger partial charge in [0.2, 0.25) is 10.0 Å². The number of carbonyl (C=O) groups excluding carboxylic acids is 1. The van der Waals surface area contributed by atoms with Crippen LogP contribution in [0, 0.1) is 6.92 Å². The predicted octanol–water partition coefficient (Wildman–Crippen LogP) is 1.47. The van der Waals surface area contributed by atoms with Gasteiger partial charge in [0.15, 0.2) is 5.76 Å². The smallest absolute Gasteiger partial charge is 0.287 e. The number of aryl methyl sites for hydroxylation is 1. The second-order valence-electron chi connectivity index (χ2n) is 6.27. The zero-order chi connectivity index (χ0) is 18.6. The van der Waals surface area contributed by atoms with Gasteiger partial charge in [-0.25, -0.2) is 8.42 Å². The zero-order valence-corrected chi connectivity index (χ0v) is 15.5. The van der Waals surface area contributed by atoms with Gasteiger partial charge in [-0.3, -0.25) is 4.79 Å². The SMILES string of the molecule is Cc1cccc(N2CCN(S(=O)(=O)CCNC(=O)c3ccco3)CC2)c1. The number of piperazine rings is 1. The monoisotopic (exact) mass is 377 g/mol. The second-order valence-corrected chi connectivity index (χ2v) is 8.36. The molecule has 1 aromatic carbocycles. The minimum absolute atomic E-state index is 0.0555. The molecule has 0 radical (unpaired) electrons. The Morgan fingerprint density at radius 2 is 1.92 bits per heavy atom. The fourth-order valence-electron chi connectivity index (χ4n) is 2.97. The molecule has 1 saturated heterocycles. The van der Waals surface area contributed by atoms with Gasteiger partial charge in [0.1, 0.15) is 0 Å². The number of rotatable bonds is 6. The normalized spacial score (nSPS) is 15.8. The molecule has 7 nitrogen and oxygen atoms in total. The van der Waals surface area contributed by atoms with Crippen LogP contribution in [0.2, 0.25) is 0 Å². The van der Waals surface area contributed by atoms with Crippen LogP contribution in [0.25, 0.3) is 0 Å². The minimum Gasteiger partial charge on any atom is -0.459 e. The lowest BCUT2D eigenvalue weighted by atomic mass is 10.2. The van der Waals surface area contributed by atoms with E-state index >= 15 is 0 Å². The molecule has 0 unspecified atom stereocenters. The van der Waals surface area contributed by atoms with Gasteiger partial charge in [-0.2, -0.15) is 4.31 Å². The standard InChI is InChI=1S/C18H23N3O4S/c1-15-4-2-5-16(14-15)20-8-10-21(11-9-20)26(23,24)13-7-19-18(22)17-6-3-12-25-17/h2-6,12,14H,7-11,13H2,1H3,(H,19,22). The van der Waals surface area contributed by atoms with Crippen molar-refractivity contribution in [1.29, 1.82) is 0 Å². The van der Waals surface area contributed by atoms with Crippen LogP contribution in [-0.4, -0.2) is 57.1 Å². The first-order valence-corrected chi connectivity index (χ1v) is 10.2. The van der Waals surface area contributed by atoms with Gasteiger partial charge >= 0.3 is 0 Å². The average Bonchev–Trinajstić information content (AvgIpc) is 3.16. The Labute approximate surface area is 153 Å². The molecule has 1 aromatic heterocycles. The Balaban J connectivity index is 1.49. The van der Waals surface area contributed by atoms with Crippen LogP contribution < -0.4 is 10.2 Å². The molecule has 0 atom stereocenters. The number of hydrogen-bond acceptors (Lipinski definition) is 5. The molecule has 1 N–H and O–H groups in total. The summed E-state index contributed by atoms with van der Waals surface area (Å²) < 4.78 is 31.4. The minimum atomic E-state index is -3.40. The van der Waals surface area contributed by atoms with Crippen LogP contribution in [0.4, 0.5) is 5.69 Å². The van der Waals surface area contributed by atoms with Crippen LogP contribution in [-0.2, 0) is 10.0 Å². The number of benzene rings is 1. The molecule has 3 rings (SSSR count). The third-order valence-electron chi connectivity index (χ3n) is 4.39. The van der Waals surface area contributed by atoms with E-state index in [1.165, 1.54) is 22.2 Å². The molecule has 0 bridgehead atoms. The lowest BCUT2D eigenvalue weighted by Gasteiger charge is -2.35. The van der Waals surface area contributed by atoms with E-state index in [1.807, 2.05) is 25.1 Å². The summed E-state index contributed by atoms with van der Waals surface area (Å²) in [4.78, 5) is 14.0. The summed E-state index contributed by atoms with van der Waals surface area (Å²) in [7, 11) is -3.40. The molecular formula is C18H23N3O4S. The summed E-state index contributed by atoms with van der Waals surface area (Å²) >= 11 is 0. The van der Waals surface area contributed by atoms with E-state index in [4.69, 9.17) is 4.42 Å². The van der Waals surface area contributed by atoms with Gasteiger partial charge in [0.05, 0.1) is 12.0 Å². The maximum absolute atomic E-state index is 12.5. The van der Waals surface area contributed by atoms with Crippen molar-refractivity contribution in [2.75, 3.05) is 43.4 Å². The second kappa shape index (κ2) is 7.92. The van der Waals surface area contributed by atoms with Crippen molar-refractivity contribution in [2.24, 2.45) is 0 Å². The van der Waals surface area contributed by atoms with Gasteiger partial charge in [0.25, 0.3) is 5.91 Å². The summed E-state index contributed by atoms with van der Waals surface area (Å²) in [5.74, 6) is -0.354. The first-order valence-electron chi connectivity index (χ1n) is 8.57. The zero-order valence-electron chi connectivity index (χ0n) is 14.7. The summed E-state index contributed by atoms with van der Waals surface area (Å²) in [5.41, 5.74) is 2.30. The molecule has 1 aliphatic rings. The largest absolute Gasteiger partial charge is 0.459 e. The third kappa shape index (κ3) is 4.44. The Bertz CT molecular complexity index is 841. The van der Waals surface area contributed by atoms with Crippen molar-refractivity contribution in [2.45, 2.75) is 6.92 Å². The van der Waals surface area contributed by atoms with E-state index in [9.17, 15) is 13.2 Å². The number of carbonyl (C=O) groups is 1. The molecule has 0 saturated carbocycles. The number of sulfonamides is 1. The Hall–Kier alpha value is -2.32. The van der Waals surface area contributed by atoms with E-state index < -0.39 is 15.9 Å². The van der Waals surface area contributed by atoms with Crippen LogP contribution in [0.1, 0.15) is 16.1 Å². The molecule has 0 spiro atoms. The number of anilines is 1. The predicted molar refractivity (Wildman–Crippen MR) is 99.8 cm³/mol. The number of nitrogens with one attached hydrogen (secondary N) is 1. The van der Waals surface area contributed by atoms with E-state index in [-0.39, 0.29) is 18.1 Å². The highest BCUT2D eigenvalue weighted by Crippen LogP contribution is 2.19. The molecule has 8 heteroatoms. The van der Waals surface area contributed by atoms with Crippen LogP contribution in [0.5, 0.6) is 0 Å². The third-order valence-corrected chi connectivity index (χ3v) is 6.26. The highest BCUT2D eigenvalue weighted by atomic mass is 32.2. The van der Waals surface area contributed by atoms with Crippen molar-refractivity contribution >= 4 is 21.6 Å². The molecular weight excluding hydrogens is 354 g/mol. The number of hydrogen-bond donors (Lipinski definition) is 1. The lowest BCUT2D eigenvalue weighted by Crippen LogP contribution is -2.50. The van der Waals surface area contributed by atoms with E-state index in [2.05, 4.69) is 16.3 Å². The Morgan fingerprint density at radius 3 is 2.58 bits per heavy atom. The van der Waals surface area contributed by atoms with Gasteiger partial charge in [-0.1, -0.05) is 12.1 Å².